The minimum atomic E-state index is -0.565. The number of hydrogen-bond donors (Lipinski definition) is 2. The van der Waals surface area contributed by atoms with E-state index in [-0.39, 0.29) is 53.5 Å². The molecular formula is C27H30FN7O4. The first-order chi connectivity index (χ1) is 18.8. The number of carbonyl (C=O) groups excluding carboxylic acids is 3. The Kier molecular flexibility index (Phi) is 6.32. The molecule has 4 heterocycles. The lowest BCUT2D eigenvalue weighted by molar-refractivity contribution is -0.123. The number of likely N-dealkylation sites (N-methyl/N-ethyl adjacent to an activating group) is 1. The first-order valence-corrected chi connectivity index (χ1v) is 13.2. The second-order valence-corrected chi connectivity index (χ2v) is 10.4. The van der Waals surface area contributed by atoms with Gasteiger partial charge in [0.05, 0.1) is 23.0 Å². The van der Waals surface area contributed by atoms with E-state index >= 15 is 0 Å². The standard InChI is InChI=1S/C27H30FN7O4/c1-33-9-7-30-24(36)14-39-22-6-5-15(28)10-18(22)27(38)34-8-3-2-4-21(34)20-12-23-31-19(13-25(33)35(23)32-20)16-11-17(16)26(29)37/h5-6,10,12-13,16-17,21H,2-4,7-9,11,14H2,1H3,(H2,29,37)(H,30,36). The first-order valence-electron chi connectivity index (χ1n) is 13.2. The van der Waals surface area contributed by atoms with Crippen molar-refractivity contribution in [1.29, 1.82) is 0 Å². The number of aromatic nitrogens is 3. The van der Waals surface area contributed by atoms with E-state index in [1.807, 2.05) is 24.1 Å². The molecule has 3 atom stereocenters. The molecule has 39 heavy (non-hydrogen) atoms. The van der Waals surface area contributed by atoms with Gasteiger partial charge in [0.25, 0.3) is 11.8 Å². The topological polar surface area (TPSA) is 135 Å². The van der Waals surface area contributed by atoms with Gasteiger partial charge in [-0.2, -0.15) is 9.61 Å². The molecule has 3 N–H and O–H groups in total. The second-order valence-electron chi connectivity index (χ2n) is 10.4. The van der Waals surface area contributed by atoms with Crippen LogP contribution in [0.5, 0.6) is 5.75 Å². The number of benzene rings is 1. The van der Waals surface area contributed by atoms with Crippen molar-refractivity contribution in [3.8, 4) is 5.75 Å². The summed E-state index contributed by atoms with van der Waals surface area (Å²) in [6.45, 7) is 0.963. The second kappa shape index (κ2) is 9.83. The third kappa shape index (κ3) is 4.75. The number of nitrogens with zero attached hydrogens (tertiary/aromatic N) is 5. The zero-order chi connectivity index (χ0) is 27.3. The van der Waals surface area contributed by atoms with Gasteiger partial charge in [0.2, 0.25) is 5.91 Å². The molecule has 1 aromatic carbocycles. The molecule has 2 aliphatic heterocycles. The molecule has 0 radical (unpaired) electrons. The van der Waals surface area contributed by atoms with Crippen molar-refractivity contribution in [3.05, 3.63) is 53.1 Å². The van der Waals surface area contributed by atoms with Crippen molar-refractivity contribution >= 4 is 29.2 Å². The normalized spacial score (nSPS) is 23.7. The number of halogens is 1. The summed E-state index contributed by atoms with van der Waals surface area (Å²) in [7, 11) is 1.89. The van der Waals surface area contributed by atoms with Gasteiger partial charge >= 0.3 is 0 Å². The quantitative estimate of drug-likeness (QED) is 0.511. The number of ether oxygens (including phenoxy) is 1. The van der Waals surface area contributed by atoms with Gasteiger partial charge in [0.1, 0.15) is 17.4 Å². The molecule has 0 spiro atoms. The van der Waals surface area contributed by atoms with Gasteiger partial charge < -0.3 is 25.6 Å². The average Bonchev–Trinajstić information content (AvgIpc) is 3.63. The number of primary amides is 1. The lowest BCUT2D eigenvalue weighted by Crippen LogP contribution is -2.39. The van der Waals surface area contributed by atoms with Gasteiger partial charge in [-0.3, -0.25) is 14.4 Å². The molecular weight excluding hydrogens is 505 g/mol. The molecule has 3 unspecified atom stereocenters. The maximum absolute atomic E-state index is 14.3. The highest BCUT2D eigenvalue weighted by atomic mass is 19.1. The number of anilines is 1. The van der Waals surface area contributed by atoms with E-state index in [0.29, 0.717) is 43.8 Å². The fourth-order valence-electron chi connectivity index (χ4n) is 5.56. The Hall–Kier alpha value is -4.22. The molecule has 11 nitrogen and oxygen atoms in total. The summed E-state index contributed by atoms with van der Waals surface area (Å²) in [5, 5.41) is 7.71. The monoisotopic (exact) mass is 535 g/mol. The minimum Gasteiger partial charge on any atom is -0.483 e. The number of hydrogen-bond acceptors (Lipinski definition) is 7. The SMILES string of the molecule is CN1CCNC(=O)COc2ccc(F)cc2C(=O)N2CCCCC2c2cc3nc(C4CC4C(N)=O)cc1n3n2. The van der Waals surface area contributed by atoms with Crippen molar-refractivity contribution in [2.24, 2.45) is 11.7 Å². The Morgan fingerprint density at radius 2 is 2.00 bits per heavy atom. The Morgan fingerprint density at radius 1 is 1.15 bits per heavy atom. The molecule has 3 aliphatic rings. The van der Waals surface area contributed by atoms with E-state index in [2.05, 4.69) is 5.32 Å². The predicted octanol–water partition coefficient (Wildman–Crippen LogP) is 1.77. The third-order valence-electron chi connectivity index (χ3n) is 7.78. The van der Waals surface area contributed by atoms with E-state index in [4.69, 9.17) is 20.6 Å². The maximum atomic E-state index is 14.3. The Morgan fingerprint density at radius 3 is 2.79 bits per heavy atom. The number of rotatable bonds is 2. The van der Waals surface area contributed by atoms with Crippen molar-refractivity contribution in [3.63, 3.8) is 0 Å². The summed E-state index contributed by atoms with van der Waals surface area (Å²) in [6, 6.07) is 7.18. The van der Waals surface area contributed by atoms with Crippen LogP contribution in [0.25, 0.3) is 5.65 Å². The number of carbonyl (C=O) groups is 3. The molecule has 1 saturated carbocycles. The lowest BCUT2D eigenvalue weighted by Gasteiger charge is -2.35. The summed E-state index contributed by atoms with van der Waals surface area (Å²) in [5.74, 6) is -1.04. The summed E-state index contributed by atoms with van der Waals surface area (Å²) < 4.78 is 21.7. The van der Waals surface area contributed by atoms with Gasteiger partial charge in [-0.15, -0.1) is 0 Å². The highest BCUT2D eigenvalue weighted by Gasteiger charge is 2.44. The third-order valence-corrected chi connectivity index (χ3v) is 7.78. The van der Waals surface area contributed by atoms with Crippen LogP contribution in [0.15, 0.2) is 30.3 Å². The van der Waals surface area contributed by atoms with Crippen molar-refractivity contribution in [2.45, 2.75) is 37.6 Å². The predicted molar refractivity (Wildman–Crippen MR) is 139 cm³/mol. The molecule has 2 fully saturated rings. The molecule has 1 saturated heterocycles. The molecule has 12 heteroatoms. The average molecular weight is 536 g/mol. The van der Waals surface area contributed by atoms with Gasteiger partial charge in [0, 0.05) is 50.7 Å². The van der Waals surface area contributed by atoms with E-state index < -0.39 is 5.82 Å². The van der Waals surface area contributed by atoms with Gasteiger partial charge in [-0.1, -0.05) is 0 Å². The van der Waals surface area contributed by atoms with E-state index in [1.54, 1.807) is 9.42 Å². The summed E-state index contributed by atoms with van der Waals surface area (Å²) in [4.78, 5) is 46.6. The number of fused-ring (bicyclic) bond motifs is 4. The summed E-state index contributed by atoms with van der Waals surface area (Å²) in [6.07, 6.45) is 3.05. The van der Waals surface area contributed by atoms with Crippen LogP contribution in [0, 0.1) is 11.7 Å². The lowest BCUT2D eigenvalue weighted by atomic mass is 9.98. The zero-order valence-corrected chi connectivity index (χ0v) is 21.6. The number of amides is 3. The van der Waals surface area contributed by atoms with Crippen LogP contribution in [0.2, 0.25) is 0 Å². The molecule has 3 amide bonds. The molecule has 2 bridgehead atoms. The molecule has 3 aromatic rings. The van der Waals surface area contributed by atoms with Crippen LogP contribution in [-0.2, 0) is 9.59 Å². The maximum Gasteiger partial charge on any atom is 0.258 e. The van der Waals surface area contributed by atoms with Crippen LogP contribution in [0.3, 0.4) is 0 Å². The largest absolute Gasteiger partial charge is 0.483 e. The number of nitrogens with one attached hydrogen (secondary N) is 1. The van der Waals surface area contributed by atoms with Crippen molar-refractivity contribution in [2.75, 3.05) is 38.2 Å². The number of nitrogens with two attached hydrogens (primary N) is 1. The summed E-state index contributed by atoms with van der Waals surface area (Å²) >= 11 is 0. The Labute approximate surface area is 224 Å². The fourth-order valence-corrected chi connectivity index (χ4v) is 5.56. The van der Waals surface area contributed by atoms with Crippen LogP contribution in [0.1, 0.15) is 59.4 Å². The molecule has 2 aromatic heterocycles. The molecule has 204 valence electrons. The summed E-state index contributed by atoms with van der Waals surface area (Å²) in [5.41, 5.74) is 7.65. The van der Waals surface area contributed by atoms with Crippen LogP contribution in [0.4, 0.5) is 10.2 Å². The minimum absolute atomic E-state index is 0.0527. The fraction of sp³-hybridized carbons (Fsp3) is 0.444. The Bertz CT molecular complexity index is 1470. The van der Waals surface area contributed by atoms with E-state index in [0.717, 1.165) is 30.4 Å². The van der Waals surface area contributed by atoms with E-state index in [1.165, 1.54) is 12.1 Å². The first kappa shape index (κ1) is 25.1. The van der Waals surface area contributed by atoms with Crippen LogP contribution >= 0.6 is 0 Å². The van der Waals surface area contributed by atoms with Gasteiger partial charge in [-0.05, 0) is 43.9 Å². The smallest absolute Gasteiger partial charge is 0.258 e. The zero-order valence-electron chi connectivity index (χ0n) is 21.6. The van der Waals surface area contributed by atoms with Crippen molar-refractivity contribution in [1.82, 2.24) is 24.8 Å². The van der Waals surface area contributed by atoms with Crippen LogP contribution < -0.4 is 20.7 Å². The molecule has 6 rings (SSSR count). The van der Waals surface area contributed by atoms with Gasteiger partial charge in [-0.25, -0.2) is 9.37 Å². The Balaban J connectivity index is 1.46. The van der Waals surface area contributed by atoms with Crippen molar-refractivity contribution < 1.29 is 23.5 Å². The van der Waals surface area contributed by atoms with E-state index in [9.17, 15) is 18.8 Å². The number of piperidine rings is 1. The highest BCUT2D eigenvalue weighted by Crippen LogP contribution is 2.47. The highest BCUT2D eigenvalue weighted by molar-refractivity contribution is 5.97. The van der Waals surface area contributed by atoms with Gasteiger partial charge in [0.15, 0.2) is 12.3 Å². The van der Waals surface area contributed by atoms with Crippen LogP contribution in [-0.4, -0.2) is 70.5 Å². The molecule has 1 aliphatic carbocycles.